The first kappa shape index (κ1) is 14.9. The maximum Gasteiger partial charge on any atom is 0.260 e. The minimum absolute atomic E-state index is 0.00758. The van der Waals surface area contributed by atoms with Gasteiger partial charge in [-0.05, 0) is 25.5 Å². The van der Waals surface area contributed by atoms with Crippen molar-refractivity contribution in [3.63, 3.8) is 0 Å². The molecule has 6 heteroatoms. The Hall–Kier alpha value is -2.01. The van der Waals surface area contributed by atoms with E-state index in [1.54, 1.807) is 12.1 Å². The smallest absolute Gasteiger partial charge is 0.260 e. The Labute approximate surface area is 134 Å². The van der Waals surface area contributed by atoms with Gasteiger partial charge < -0.3 is 14.6 Å². The minimum atomic E-state index is -0.0225. The van der Waals surface area contributed by atoms with Gasteiger partial charge in [0.25, 0.3) is 5.91 Å². The number of halogens is 1. The van der Waals surface area contributed by atoms with Crippen LogP contribution in [0, 0.1) is 6.92 Å². The molecule has 3 rings (SSSR count). The van der Waals surface area contributed by atoms with Crippen molar-refractivity contribution in [3.05, 3.63) is 47.0 Å². The topological polar surface area (TPSA) is 58.2 Å². The summed E-state index contributed by atoms with van der Waals surface area (Å²) >= 11 is 6.01. The van der Waals surface area contributed by atoms with Gasteiger partial charge in [-0.15, -0.1) is 0 Å². The fourth-order valence-electron chi connectivity index (χ4n) is 2.64. The van der Waals surface area contributed by atoms with Crippen molar-refractivity contribution >= 4 is 17.5 Å². The number of aromatic nitrogens is 2. The van der Waals surface area contributed by atoms with Crippen molar-refractivity contribution < 1.29 is 9.53 Å². The average molecular weight is 320 g/mol. The van der Waals surface area contributed by atoms with Crippen molar-refractivity contribution in [1.82, 2.24) is 14.9 Å². The van der Waals surface area contributed by atoms with Crippen molar-refractivity contribution in [2.24, 2.45) is 0 Å². The van der Waals surface area contributed by atoms with Crippen LogP contribution in [0.3, 0.4) is 0 Å². The number of H-pyrrole nitrogens is 1. The average Bonchev–Trinajstić information content (AvgIpc) is 3.15. The van der Waals surface area contributed by atoms with Crippen LogP contribution in [0.4, 0.5) is 0 Å². The second kappa shape index (κ2) is 6.40. The summed E-state index contributed by atoms with van der Waals surface area (Å²) in [5, 5.41) is 0.514. The molecule has 1 aromatic carbocycles. The lowest BCUT2D eigenvalue weighted by Crippen LogP contribution is -2.33. The maximum atomic E-state index is 12.2. The number of carbonyl (C=O) groups is 1. The highest BCUT2D eigenvalue weighted by molar-refractivity contribution is 6.32. The van der Waals surface area contributed by atoms with Crippen molar-refractivity contribution in [2.45, 2.75) is 19.3 Å². The number of ether oxygens (including phenoxy) is 1. The van der Waals surface area contributed by atoms with E-state index in [0.29, 0.717) is 17.3 Å². The number of carbonyl (C=O) groups excluding carboxylic acids is 1. The zero-order chi connectivity index (χ0) is 15.5. The van der Waals surface area contributed by atoms with Gasteiger partial charge in [0.15, 0.2) is 6.61 Å². The molecule has 0 spiro atoms. The van der Waals surface area contributed by atoms with Crippen molar-refractivity contribution in [3.8, 4) is 5.75 Å². The monoisotopic (exact) mass is 319 g/mol. The largest absolute Gasteiger partial charge is 0.482 e. The fraction of sp³-hybridized carbons (Fsp3) is 0.375. The van der Waals surface area contributed by atoms with Crippen molar-refractivity contribution in [2.75, 3.05) is 19.7 Å². The molecule has 1 N–H and O–H groups in total. The molecule has 0 aliphatic carbocycles. The molecule has 1 atom stereocenters. The molecular weight excluding hydrogens is 302 g/mol. The van der Waals surface area contributed by atoms with Crippen LogP contribution in [0.2, 0.25) is 5.02 Å². The maximum absolute atomic E-state index is 12.2. The summed E-state index contributed by atoms with van der Waals surface area (Å²) in [5.74, 6) is 1.75. The SMILES string of the molecule is Cc1cnc([C@@H]2CCN(C(=O)COc3ccccc3Cl)C2)[nH]1. The second-order valence-corrected chi connectivity index (χ2v) is 5.90. The highest BCUT2D eigenvalue weighted by Crippen LogP contribution is 2.26. The van der Waals surface area contributed by atoms with E-state index >= 15 is 0 Å². The van der Waals surface area contributed by atoms with Crippen LogP contribution in [-0.4, -0.2) is 40.5 Å². The zero-order valence-electron chi connectivity index (χ0n) is 12.4. The lowest BCUT2D eigenvalue weighted by atomic mass is 10.1. The van der Waals surface area contributed by atoms with E-state index < -0.39 is 0 Å². The van der Waals surface area contributed by atoms with E-state index in [-0.39, 0.29) is 18.4 Å². The molecule has 2 heterocycles. The summed E-state index contributed by atoms with van der Waals surface area (Å²) in [6.45, 7) is 3.40. The number of amides is 1. The number of hydrogen-bond acceptors (Lipinski definition) is 3. The van der Waals surface area contributed by atoms with E-state index in [1.807, 2.05) is 30.2 Å². The number of para-hydroxylation sites is 1. The van der Waals surface area contributed by atoms with Crippen LogP contribution in [0.1, 0.15) is 23.9 Å². The Bertz CT molecular complexity index is 671. The first-order valence-corrected chi connectivity index (χ1v) is 7.68. The molecule has 1 aliphatic rings. The predicted octanol–water partition coefficient (Wildman–Crippen LogP) is 2.77. The summed E-state index contributed by atoms with van der Waals surface area (Å²) in [6, 6.07) is 7.16. The molecule has 0 radical (unpaired) electrons. The van der Waals surface area contributed by atoms with E-state index in [4.69, 9.17) is 16.3 Å². The van der Waals surface area contributed by atoms with Gasteiger partial charge >= 0.3 is 0 Å². The molecule has 22 heavy (non-hydrogen) atoms. The first-order valence-electron chi connectivity index (χ1n) is 7.30. The summed E-state index contributed by atoms with van der Waals surface area (Å²) in [5.41, 5.74) is 1.04. The Morgan fingerprint density at radius 3 is 3.05 bits per heavy atom. The highest BCUT2D eigenvalue weighted by atomic mass is 35.5. The molecule has 5 nitrogen and oxygen atoms in total. The van der Waals surface area contributed by atoms with E-state index in [2.05, 4.69) is 9.97 Å². The Morgan fingerprint density at radius 1 is 1.50 bits per heavy atom. The van der Waals surface area contributed by atoms with Crippen LogP contribution < -0.4 is 4.74 Å². The Kier molecular flexibility index (Phi) is 4.34. The third-order valence-electron chi connectivity index (χ3n) is 3.84. The molecule has 1 amide bonds. The first-order chi connectivity index (χ1) is 10.6. The number of rotatable bonds is 4. The lowest BCUT2D eigenvalue weighted by molar-refractivity contribution is -0.132. The highest BCUT2D eigenvalue weighted by Gasteiger charge is 2.29. The summed E-state index contributed by atoms with van der Waals surface area (Å²) in [4.78, 5) is 21.7. The second-order valence-electron chi connectivity index (χ2n) is 5.50. The molecular formula is C16H18ClN3O2. The van der Waals surface area contributed by atoms with Crippen LogP contribution >= 0.6 is 11.6 Å². The summed E-state index contributed by atoms with van der Waals surface area (Å²) < 4.78 is 5.51. The zero-order valence-corrected chi connectivity index (χ0v) is 13.1. The minimum Gasteiger partial charge on any atom is -0.482 e. The molecule has 0 unspecified atom stereocenters. The molecule has 1 fully saturated rings. The Balaban J connectivity index is 1.54. The third kappa shape index (κ3) is 3.25. The summed E-state index contributed by atoms with van der Waals surface area (Å²) in [7, 11) is 0. The normalized spacial score (nSPS) is 17.7. The summed E-state index contributed by atoms with van der Waals surface area (Å²) in [6.07, 6.45) is 2.74. The standard InChI is InChI=1S/C16H18ClN3O2/c1-11-8-18-16(19-11)12-6-7-20(9-12)15(21)10-22-14-5-3-2-4-13(14)17/h2-5,8,12H,6-7,9-10H2,1H3,(H,18,19)/t12-/m1/s1. The van der Waals surface area contributed by atoms with E-state index in [9.17, 15) is 4.79 Å². The van der Waals surface area contributed by atoms with Gasteiger partial charge in [0.2, 0.25) is 0 Å². The third-order valence-corrected chi connectivity index (χ3v) is 4.15. The molecule has 2 aromatic rings. The van der Waals surface area contributed by atoms with Gasteiger partial charge in [-0.3, -0.25) is 4.79 Å². The van der Waals surface area contributed by atoms with Crippen LogP contribution in [0.5, 0.6) is 5.75 Å². The number of nitrogens with one attached hydrogen (secondary N) is 1. The fourth-order valence-corrected chi connectivity index (χ4v) is 2.83. The lowest BCUT2D eigenvalue weighted by Gasteiger charge is -2.16. The van der Waals surface area contributed by atoms with Gasteiger partial charge in [-0.2, -0.15) is 0 Å². The van der Waals surface area contributed by atoms with Crippen LogP contribution in [-0.2, 0) is 4.79 Å². The number of aromatic amines is 1. The van der Waals surface area contributed by atoms with Crippen LogP contribution in [0.25, 0.3) is 0 Å². The number of imidazole rings is 1. The van der Waals surface area contributed by atoms with Gasteiger partial charge in [0.1, 0.15) is 11.6 Å². The quantitative estimate of drug-likeness (QED) is 0.942. The Morgan fingerprint density at radius 2 is 2.32 bits per heavy atom. The van der Waals surface area contributed by atoms with Gasteiger partial charge in [-0.25, -0.2) is 4.98 Å². The van der Waals surface area contributed by atoms with Crippen LogP contribution in [0.15, 0.2) is 30.5 Å². The molecule has 1 aromatic heterocycles. The number of hydrogen-bond donors (Lipinski definition) is 1. The molecule has 116 valence electrons. The molecule has 0 saturated carbocycles. The van der Waals surface area contributed by atoms with Gasteiger partial charge in [0.05, 0.1) is 5.02 Å². The molecule has 1 saturated heterocycles. The molecule has 0 bridgehead atoms. The van der Waals surface area contributed by atoms with Gasteiger partial charge in [0, 0.05) is 30.9 Å². The van der Waals surface area contributed by atoms with Crippen molar-refractivity contribution in [1.29, 1.82) is 0 Å². The molecule has 1 aliphatic heterocycles. The predicted molar refractivity (Wildman–Crippen MR) is 84.2 cm³/mol. The van der Waals surface area contributed by atoms with E-state index in [1.165, 1.54) is 0 Å². The number of likely N-dealkylation sites (tertiary alicyclic amines) is 1. The number of aryl methyl sites for hydroxylation is 1. The van der Waals surface area contributed by atoms with E-state index in [0.717, 1.165) is 24.5 Å². The van der Waals surface area contributed by atoms with Gasteiger partial charge in [-0.1, -0.05) is 23.7 Å². The number of benzene rings is 1. The number of nitrogens with zero attached hydrogens (tertiary/aromatic N) is 2.